The lowest BCUT2D eigenvalue weighted by atomic mass is 10.2. The molecule has 0 fully saturated rings. The molecule has 2 aromatic rings. The molecule has 21 heavy (non-hydrogen) atoms. The summed E-state index contributed by atoms with van der Waals surface area (Å²) < 4.78 is 18.6. The zero-order valence-electron chi connectivity index (χ0n) is 12.9. The number of anilines is 1. The van der Waals surface area contributed by atoms with Gasteiger partial charge in [0, 0.05) is 30.4 Å². The molecule has 0 saturated heterocycles. The summed E-state index contributed by atoms with van der Waals surface area (Å²) in [5.41, 5.74) is 2.17. The lowest BCUT2D eigenvalue weighted by Gasteiger charge is -2.22. The Labute approximate surface area is 125 Å². The van der Waals surface area contributed by atoms with Gasteiger partial charge in [0.15, 0.2) is 0 Å². The minimum Gasteiger partial charge on any atom is -0.467 e. The fourth-order valence-corrected chi connectivity index (χ4v) is 2.19. The van der Waals surface area contributed by atoms with Crippen LogP contribution in [0.3, 0.4) is 0 Å². The Morgan fingerprint density at radius 3 is 2.52 bits per heavy atom. The molecular formula is C17H23FN2O. The molecule has 0 amide bonds. The summed E-state index contributed by atoms with van der Waals surface area (Å²) in [7, 11) is 0. The van der Waals surface area contributed by atoms with Crippen LogP contribution in [0.4, 0.5) is 10.1 Å². The van der Waals surface area contributed by atoms with E-state index in [4.69, 9.17) is 4.42 Å². The Morgan fingerprint density at radius 1 is 1.19 bits per heavy atom. The van der Waals surface area contributed by atoms with Gasteiger partial charge in [-0.15, -0.1) is 0 Å². The fourth-order valence-electron chi connectivity index (χ4n) is 2.19. The highest BCUT2D eigenvalue weighted by Crippen LogP contribution is 2.20. The summed E-state index contributed by atoms with van der Waals surface area (Å²) in [6.07, 6.45) is 1.73. The van der Waals surface area contributed by atoms with Crippen molar-refractivity contribution < 1.29 is 8.81 Å². The predicted molar refractivity (Wildman–Crippen MR) is 83.8 cm³/mol. The highest BCUT2D eigenvalue weighted by Gasteiger charge is 2.12. The summed E-state index contributed by atoms with van der Waals surface area (Å²) in [6.45, 7) is 8.64. The summed E-state index contributed by atoms with van der Waals surface area (Å²) in [5, 5.41) is 3.40. The van der Waals surface area contributed by atoms with Crippen LogP contribution >= 0.6 is 0 Å². The molecule has 0 unspecified atom stereocenters. The number of rotatable bonds is 7. The van der Waals surface area contributed by atoms with Crippen molar-refractivity contribution in [1.29, 1.82) is 0 Å². The Balaban J connectivity index is 2.08. The number of hydrogen-bond acceptors (Lipinski definition) is 3. The largest absolute Gasteiger partial charge is 0.467 e. The Hall–Kier alpha value is -1.81. The first-order valence-electron chi connectivity index (χ1n) is 7.39. The van der Waals surface area contributed by atoms with Gasteiger partial charge < -0.3 is 14.6 Å². The molecule has 0 aliphatic carbocycles. The van der Waals surface area contributed by atoms with Gasteiger partial charge in [-0.2, -0.15) is 0 Å². The monoisotopic (exact) mass is 290 g/mol. The van der Waals surface area contributed by atoms with Crippen LogP contribution in [0.25, 0.3) is 0 Å². The van der Waals surface area contributed by atoms with Crippen LogP contribution in [0, 0.1) is 5.82 Å². The van der Waals surface area contributed by atoms with Crippen molar-refractivity contribution in [2.45, 2.75) is 39.9 Å². The van der Waals surface area contributed by atoms with E-state index in [2.05, 4.69) is 31.0 Å². The van der Waals surface area contributed by atoms with Crippen LogP contribution in [-0.2, 0) is 13.1 Å². The van der Waals surface area contributed by atoms with Crippen molar-refractivity contribution >= 4 is 5.69 Å². The van der Waals surface area contributed by atoms with Crippen LogP contribution in [-0.4, -0.2) is 12.6 Å². The second-order valence-corrected chi connectivity index (χ2v) is 5.40. The van der Waals surface area contributed by atoms with Gasteiger partial charge >= 0.3 is 0 Å². The van der Waals surface area contributed by atoms with Gasteiger partial charge in [-0.05, 0) is 37.3 Å². The average Bonchev–Trinajstić information content (AvgIpc) is 2.91. The number of nitrogens with one attached hydrogen (secondary N) is 1. The molecule has 1 aromatic carbocycles. The molecule has 2 rings (SSSR count). The number of furan rings is 1. The summed E-state index contributed by atoms with van der Waals surface area (Å²) in [4.78, 5) is 2.16. The third-order valence-corrected chi connectivity index (χ3v) is 3.45. The predicted octanol–water partition coefficient (Wildman–Crippen LogP) is 3.94. The average molecular weight is 290 g/mol. The third-order valence-electron chi connectivity index (χ3n) is 3.45. The fraction of sp³-hybridized carbons (Fsp3) is 0.412. The molecule has 4 heteroatoms. The van der Waals surface area contributed by atoms with Crippen LogP contribution in [0.5, 0.6) is 0 Å². The van der Waals surface area contributed by atoms with Crippen LogP contribution in [0.15, 0.2) is 41.0 Å². The Bertz CT molecular complexity index is 548. The highest BCUT2D eigenvalue weighted by atomic mass is 19.1. The van der Waals surface area contributed by atoms with E-state index in [0.717, 1.165) is 24.5 Å². The SMILES string of the molecule is CCN(Cc1occc1CNC(C)C)c1ccc(F)cc1. The van der Waals surface area contributed by atoms with Gasteiger partial charge in [-0.25, -0.2) is 4.39 Å². The van der Waals surface area contributed by atoms with Crippen molar-refractivity contribution in [2.75, 3.05) is 11.4 Å². The number of nitrogens with zero attached hydrogens (tertiary/aromatic N) is 1. The summed E-state index contributed by atoms with van der Waals surface area (Å²) in [5.74, 6) is 0.740. The van der Waals surface area contributed by atoms with E-state index < -0.39 is 0 Å². The molecular weight excluding hydrogens is 267 g/mol. The van der Waals surface area contributed by atoms with Gasteiger partial charge in [0.05, 0.1) is 12.8 Å². The standard InChI is InChI=1S/C17H23FN2O/c1-4-20(16-7-5-15(18)6-8-16)12-17-14(9-10-21-17)11-19-13(2)3/h5-10,13,19H,4,11-12H2,1-3H3. The maximum atomic E-state index is 13.0. The van der Waals surface area contributed by atoms with Crippen molar-refractivity contribution in [2.24, 2.45) is 0 Å². The lowest BCUT2D eigenvalue weighted by Crippen LogP contribution is -2.25. The second kappa shape index (κ2) is 7.27. The maximum absolute atomic E-state index is 13.0. The van der Waals surface area contributed by atoms with E-state index in [1.807, 2.05) is 6.07 Å². The van der Waals surface area contributed by atoms with Crippen molar-refractivity contribution in [3.63, 3.8) is 0 Å². The molecule has 1 heterocycles. The van der Waals surface area contributed by atoms with Gasteiger partial charge in [0.1, 0.15) is 11.6 Å². The zero-order chi connectivity index (χ0) is 15.2. The first-order valence-corrected chi connectivity index (χ1v) is 7.39. The summed E-state index contributed by atoms with van der Waals surface area (Å²) >= 11 is 0. The number of hydrogen-bond donors (Lipinski definition) is 1. The smallest absolute Gasteiger partial charge is 0.127 e. The van der Waals surface area contributed by atoms with E-state index in [1.54, 1.807) is 18.4 Å². The van der Waals surface area contributed by atoms with Gasteiger partial charge in [-0.3, -0.25) is 0 Å². The minimum absolute atomic E-state index is 0.213. The Morgan fingerprint density at radius 2 is 1.90 bits per heavy atom. The normalized spacial score (nSPS) is 11.1. The van der Waals surface area contributed by atoms with E-state index in [-0.39, 0.29) is 5.82 Å². The first-order chi connectivity index (χ1) is 10.1. The Kier molecular flexibility index (Phi) is 5.39. The molecule has 0 atom stereocenters. The molecule has 0 aliphatic heterocycles. The molecule has 0 radical (unpaired) electrons. The molecule has 114 valence electrons. The topological polar surface area (TPSA) is 28.4 Å². The number of halogens is 1. The van der Waals surface area contributed by atoms with E-state index >= 15 is 0 Å². The zero-order valence-corrected chi connectivity index (χ0v) is 12.9. The van der Waals surface area contributed by atoms with Crippen LogP contribution in [0.2, 0.25) is 0 Å². The highest BCUT2D eigenvalue weighted by molar-refractivity contribution is 5.46. The molecule has 0 aliphatic rings. The molecule has 1 aromatic heterocycles. The molecule has 0 bridgehead atoms. The quantitative estimate of drug-likeness (QED) is 0.837. The van der Waals surface area contributed by atoms with E-state index in [9.17, 15) is 4.39 Å². The van der Waals surface area contributed by atoms with Crippen LogP contribution < -0.4 is 10.2 Å². The molecule has 0 saturated carbocycles. The second-order valence-electron chi connectivity index (χ2n) is 5.40. The molecule has 3 nitrogen and oxygen atoms in total. The number of benzene rings is 1. The summed E-state index contributed by atoms with van der Waals surface area (Å²) in [6, 6.07) is 9.01. The third kappa shape index (κ3) is 4.33. The van der Waals surface area contributed by atoms with Crippen molar-refractivity contribution in [3.05, 3.63) is 53.7 Å². The minimum atomic E-state index is -0.213. The van der Waals surface area contributed by atoms with Gasteiger partial charge in [0.25, 0.3) is 0 Å². The molecule has 1 N–H and O–H groups in total. The van der Waals surface area contributed by atoms with Gasteiger partial charge in [-0.1, -0.05) is 13.8 Å². The van der Waals surface area contributed by atoms with Crippen molar-refractivity contribution in [1.82, 2.24) is 5.32 Å². The van der Waals surface area contributed by atoms with Crippen molar-refractivity contribution in [3.8, 4) is 0 Å². The first kappa shape index (κ1) is 15.6. The molecule has 0 spiro atoms. The van der Waals surface area contributed by atoms with E-state index in [0.29, 0.717) is 12.6 Å². The maximum Gasteiger partial charge on any atom is 0.127 e. The lowest BCUT2D eigenvalue weighted by molar-refractivity contribution is 0.492. The van der Waals surface area contributed by atoms with Crippen LogP contribution in [0.1, 0.15) is 32.1 Å². The van der Waals surface area contributed by atoms with E-state index in [1.165, 1.54) is 17.7 Å². The van der Waals surface area contributed by atoms with Gasteiger partial charge in [0.2, 0.25) is 0 Å².